The maximum Gasteiger partial charge on any atom is 0.0140 e. The summed E-state index contributed by atoms with van der Waals surface area (Å²) in [6.45, 7) is 2.49. The minimum Gasteiger partial charge on any atom is -0.317 e. The Labute approximate surface area is 115 Å². The van der Waals surface area contributed by atoms with Gasteiger partial charge in [-0.25, -0.2) is 0 Å². The van der Waals surface area contributed by atoms with E-state index in [1.807, 2.05) is 0 Å². The van der Waals surface area contributed by atoms with Crippen molar-refractivity contribution in [1.29, 1.82) is 0 Å². The molecule has 2 heteroatoms. The lowest BCUT2D eigenvalue weighted by Gasteiger charge is -2.27. The van der Waals surface area contributed by atoms with Crippen LogP contribution < -0.4 is 5.32 Å². The van der Waals surface area contributed by atoms with Crippen LogP contribution in [-0.4, -0.2) is 18.3 Å². The van der Waals surface area contributed by atoms with Crippen molar-refractivity contribution in [1.82, 2.24) is 5.32 Å². The second-order valence-electron chi connectivity index (χ2n) is 6.29. The van der Waals surface area contributed by atoms with E-state index in [4.69, 9.17) is 0 Å². The minimum atomic E-state index is 0.563. The average Bonchev–Trinajstić information content (AvgIpc) is 2.92. The molecule has 0 saturated heterocycles. The first-order valence-corrected chi connectivity index (χ1v) is 7.98. The molecule has 1 aromatic carbocycles. The van der Waals surface area contributed by atoms with Crippen molar-refractivity contribution in [2.24, 2.45) is 5.41 Å². The average molecular weight is 261 g/mol. The number of rotatable bonds is 3. The van der Waals surface area contributed by atoms with Gasteiger partial charge in [0, 0.05) is 16.2 Å². The molecule has 0 aromatic heterocycles. The molecule has 2 aliphatic rings. The van der Waals surface area contributed by atoms with Crippen LogP contribution in [0.25, 0.3) is 0 Å². The number of thioether (sulfide) groups is 1. The first kappa shape index (κ1) is 12.6. The van der Waals surface area contributed by atoms with Gasteiger partial charge in [-0.1, -0.05) is 25.1 Å². The van der Waals surface area contributed by atoms with Crippen molar-refractivity contribution < 1.29 is 0 Å². The van der Waals surface area contributed by atoms with E-state index in [1.54, 1.807) is 5.56 Å². The van der Waals surface area contributed by atoms with Gasteiger partial charge < -0.3 is 5.32 Å². The van der Waals surface area contributed by atoms with Crippen LogP contribution >= 0.6 is 11.8 Å². The fourth-order valence-corrected chi connectivity index (χ4v) is 5.24. The maximum absolute atomic E-state index is 3.45. The van der Waals surface area contributed by atoms with Crippen molar-refractivity contribution in [3.8, 4) is 0 Å². The quantitative estimate of drug-likeness (QED) is 0.886. The first-order chi connectivity index (χ1) is 8.68. The summed E-state index contributed by atoms with van der Waals surface area (Å²) in [5.74, 6) is 0. The molecule has 3 atom stereocenters. The molecule has 1 N–H and O–H groups in total. The smallest absolute Gasteiger partial charge is 0.0140 e. The molecule has 3 unspecified atom stereocenters. The number of nitrogens with one attached hydrogen (secondary N) is 1. The van der Waals surface area contributed by atoms with Gasteiger partial charge >= 0.3 is 0 Å². The summed E-state index contributed by atoms with van der Waals surface area (Å²) >= 11 is 2.11. The summed E-state index contributed by atoms with van der Waals surface area (Å²) < 4.78 is 0. The summed E-state index contributed by atoms with van der Waals surface area (Å²) in [4.78, 5) is 1.52. The van der Waals surface area contributed by atoms with Gasteiger partial charge in [0.1, 0.15) is 0 Å². The van der Waals surface area contributed by atoms with Crippen LogP contribution in [0.3, 0.4) is 0 Å². The van der Waals surface area contributed by atoms with Gasteiger partial charge in [-0.2, -0.15) is 0 Å². The monoisotopic (exact) mass is 261 g/mol. The molecule has 1 heterocycles. The molecule has 0 spiro atoms. The molecule has 1 aromatic rings. The highest BCUT2D eigenvalue weighted by Gasteiger charge is 2.37. The van der Waals surface area contributed by atoms with Crippen LogP contribution in [0.15, 0.2) is 29.2 Å². The van der Waals surface area contributed by atoms with Gasteiger partial charge in [0.15, 0.2) is 0 Å². The molecule has 0 bridgehead atoms. The Morgan fingerprint density at radius 3 is 2.94 bits per heavy atom. The standard InChI is InChI=1S/C16H23NS/c1-16(8-7-13(10-16)17-2)11-14-9-12-5-3-4-6-15(12)18-14/h3-6,13-14,17H,7-11H2,1-2H3. The lowest BCUT2D eigenvalue weighted by Crippen LogP contribution is -2.25. The van der Waals surface area contributed by atoms with Crippen molar-refractivity contribution >= 4 is 11.8 Å². The van der Waals surface area contributed by atoms with E-state index in [-0.39, 0.29) is 0 Å². The highest BCUT2D eigenvalue weighted by Crippen LogP contribution is 2.47. The Morgan fingerprint density at radius 2 is 2.22 bits per heavy atom. The second-order valence-corrected chi connectivity index (χ2v) is 7.64. The topological polar surface area (TPSA) is 12.0 Å². The number of hydrogen-bond acceptors (Lipinski definition) is 2. The normalized spacial score (nSPS) is 34.8. The first-order valence-electron chi connectivity index (χ1n) is 7.10. The lowest BCUT2D eigenvalue weighted by atomic mass is 9.82. The van der Waals surface area contributed by atoms with E-state index >= 15 is 0 Å². The van der Waals surface area contributed by atoms with E-state index in [0.29, 0.717) is 5.41 Å². The SMILES string of the molecule is CNC1CCC(C)(CC2Cc3ccccc3S2)C1. The number of benzene rings is 1. The highest BCUT2D eigenvalue weighted by atomic mass is 32.2. The molecule has 98 valence electrons. The van der Waals surface area contributed by atoms with E-state index in [9.17, 15) is 0 Å². The minimum absolute atomic E-state index is 0.563. The third-order valence-corrected chi connectivity index (χ3v) is 6.00. The predicted octanol–water partition coefficient (Wildman–Crippen LogP) is 3.87. The molecule has 1 aliphatic heterocycles. The summed E-state index contributed by atoms with van der Waals surface area (Å²) in [5.41, 5.74) is 2.13. The van der Waals surface area contributed by atoms with Crippen LogP contribution in [0.1, 0.15) is 38.2 Å². The lowest BCUT2D eigenvalue weighted by molar-refractivity contribution is 0.297. The van der Waals surface area contributed by atoms with Crippen molar-refractivity contribution in [3.63, 3.8) is 0 Å². The molecular formula is C16H23NS. The Bertz CT molecular complexity index is 406. The Morgan fingerprint density at radius 1 is 1.39 bits per heavy atom. The Balaban J connectivity index is 1.63. The molecule has 18 heavy (non-hydrogen) atoms. The third kappa shape index (κ3) is 2.46. The maximum atomic E-state index is 3.45. The summed E-state index contributed by atoms with van der Waals surface area (Å²) in [7, 11) is 2.11. The van der Waals surface area contributed by atoms with Gasteiger partial charge in [-0.15, -0.1) is 11.8 Å². The Hall–Kier alpha value is -0.470. The van der Waals surface area contributed by atoms with Crippen LogP contribution in [0, 0.1) is 5.41 Å². The third-order valence-electron chi connectivity index (χ3n) is 4.68. The second kappa shape index (κ2) is 4.90. The molecule has 3 rings (SSSR count). The van der Waals surface area contributed by atoms with Gasteiger partial charge in [0.2, 0.25) is 0 Å². The summed E-state index contributed by atoms with van der Waals surface area (Å²) in [6.07, 6.45) is 6.77. The van der Waals surface area contributed by atoms with Crippen molar-refractivity contribution in [3.05, 3.63) is 29.8 Å². The van der Waals surface area contributed by atoms with Gasteiger partial charge in [-0.3, -0.25) is 0 Å². The number of fused-ring (bicyclic) bond motifs is 1. The van der Waals surface area contributed by atoms with E-state index in [0.717, 1.165) is 11.3 Å². The van der Waals surface area contributed by atoms with E-state index < -0.39 is 0 Å². The fourth-order valence-electron chi connectivity index (χ4n) is 3.67. The zero-order valence-electron chi connectivity index (χ0n) is 11.4. The zero-order valence-corrected chi connectivity index (χ0v) is 12.2. The molecule has 0 radical (unpaired) electrons. The molecule has 1 aliphatic carbocycles. The molecule has 1 nitrogen and oxygen atoms in total. The summed E-state index contributed by atoms with van der Waals surface area (Å²) in [5, 5.41) is 4.26. The van der Waals surface area contributed by atoms with E-state index in [1.165, 1.54) is 37.0 Å². The highest BCUT2D eigenvalue weighted by molar-refractivity contribution is 8.00. The van der Waals surface area contributed by atoms with Crippen LogP contribution in [0.4, 0.5) is 0 Å². The summed E-state index contributed by atoms with van der Waals surface area (Å²) in [6, 6.07) is 9.69. The number of hydrogen-bond donors (Lipinski definition) is 1. The van der Waals surface area contributed by atoms with Gasteiger partial charge in [0.25, 0.3) is 0 Å². The largest absolute Gasteiger partial charge is 0.317 e. The Kier molecular flexibility index (Phi) is 3.42. The molecule has 1 saturated carbocycles. The fraction of sp³-hybridized carbons (Fsp3) is 0.625. The van der Waals surface area contributed by atoms with Crippen molar-refractivity contribution in [2.75, 3.05) is 7.05 Å². The van der Waals surface area contributed by atoms with Crippen LogP contribution in [0.5, 0.6) is 0 Å². The van der Waals surface area contributed by atoms with Gasteiger partial charge in [0.05, 0.1) is 0 Å². The molecule has 0 amide bonds. The zero-order chi connectivity index (χ0) is 12.6. The molecular weight excluding hydrogens is 238 g/mol. The van der Waals surface area contributed by atoms with E-state index in [2.05, 4.69) is 55.3 Å². The predicted molar refractivity (Wildman–Crippen MR) is 79.2 cm³/mol. The van der Waals surface area contributed by atoms with Crippen LogP contribution in [-0.2, 0) is 6.42 Å². The van der Waals surface area contributed by atoms with Crippen molar-refractivity contribution in [2.45, 2.75) is 55.2 Å². The van der Waals surface area contributed by atoms with Crippen LogP contribution in [0.2, 0.25) is 0 Å². The molecule has 1 fully saturated rings. The van der Waals surface area contributed by atoms with Gasteiger partial charge in [-0.05, 0) is 56.2 Å².